The van der Waals surface area contributed by atoms with Crippen molar-refractivity contribution >= 4 is 37.5 Å². The fourth-order valence-corrected chi connectivity index (χ4v) is 3.59. The molecule has 5 nitrogen and oxygen atoms in total. The molecule has 0 radical (unpaired) electrons. The van der Waals surface area contributed by atoms with Crippen molar-refractivity contribution in [1.29, 1.82) is 0 Å². The Balaban J connectivity index is 1.91. The Hall–Kier alpha value is -1.77. The summed E-state index contributed by atoms with van der Waals surface area (Å²) in [6.45, 7) is 1.68. The van der Waals surface area contributed by atoms with Gasteiger partial charge in [0.2, 0.25) is 15.9 Å². The molecule has 2 rings (SSSR count). The highest BCUT2D eigenvalue weighted by atomic mass is 79.9. The van der Waals surface area contributed by atoms with E-state index in [4.69, 9.17) is 0 Å². The van der Waals surface area contributed by atoms with Crippen LogP contribution in [0.3, 0.4) is 0 Å². The number of halogens is 2. The van der Waals surface area contributed by atoms with E-state index in [1.165, 1.54) is 24.3 Å². The van der Waals surface area contributed by atoms with Gasteiger partial charge in [-0.25, -0.2) is 17.5 Å². The maximum Gasteiger partial charge on any atom is 0.240 e. The highest BCUT2D eigenvalue weighted by Crippen LogP contribution is 2.17. The summed E-state index contributed by atoms with van der Waals surface area (Å²) >= 11 is 3.21. The molecule has 0 fully saturated rings. The van der Waals surface area contributed by atoms with Crippen molar-refractivity contribution in [3.8, 4) is 0 Å². The Kier molecular flexibility index (Phi) is 6.09. The molecule has 0 spiro atoms. The third-order valence-corrected chi connectivity index (χ3v) is 5.18. The van der Waals surface area contributed by atoms with Crippen LogP contribution in [0.4, 0.5) is 10.1 Å². The van der Waals surface area contributed by atoms with Crippen molar-refractivity contribution in [3.63, 3.8) is 0 Å². The van der Waals surface area contributed by atoms with Gasteiger partial charge < -0.3 is 5.32 Å². The summed E-state index contributed by atoms with van der Waals surface area (Å²) in [6, 6.07) is 10.3. The summed E-state index contributed by atoms with van der Waals surface area (Å²) < 4.78 is 40.4. The maximum absolute atomic E-state index is 13.2. The van der Waals surface area contributed by atoms with Crippen LogP contribution in [0, 0.1) is 12.7 Å². The van der Waals surface area contributed by atoms with Crippen molar-refractivity contribution in [2.24, 2.45) is 0 Å². The highest BCUT2D eigenvalue weighted by molar-refractivity contribution is 9.10. The van der Waals surface area contributed by atoms with Crippen LogP contribution in [0.25, 0.3) is 0 Å². The molecule has 2 N–H and O–H groups in total. The van der Waals surface area contributed by atoms with E-state index >= 15 is 0 Å². The van der Waals surface area contributed by atoms with Gasteiger partial charge in [-0.3, -0.25) is 4.79 Å². The molecule has 0 heterocycles. The molecule has 2 aromatic carbocycles. The monoisotopic (exact) mass is 414 g/mol. The van der Waals surface area contributed by atoms with Gasteiger partial charge in [-0.05, 0) is 42.8 Å². The molecule has 0 saturated carbocycles. The number of aryl methyl sites for hydroxylation is 1. The molecule has 0 aliphatic heterocycles. The van der Waals surface area contributed by atoms with Crippen molar-refractivity contribution in [3.05, 3.63) is 58.3 Å². The normalized spacial score (nSPS) is 11.3. The zero-order valence-corrected chi connectivity index (χ0v) is 15.2. The molecule has 2 aromatic rings. The molecule has 0 aliphatic rings. The van der Waals surface area contributed by atoms with E-state index in [1.807, 2.05) is 0 Å². The fourth-order valence-electron chi connectivity index (χ4n) is 1.96. The predicted octanol–water partition coefficient (Wildman–Crippen LogP) is 3.20. The maximum atomic E-state index is 13.2. The molecule has 0 aromatic heterocycles. The molecule has 128 valence electrons. The van der Waals surface area contributed by atoms with Crippen LogP contribution < -0.4 is 10.0 Å². The van der Waals surface area contributed by atoms with E-state index in [-0.39, 0.29) is 17.9 Å². The minimum Gasteiger partial charge on any atom is -0.326 e. The topological polar surface area (TPSA) is 75.3 Å². The standard InChI is InChI=1S/C16H16BrFN2O3S/c1-11-5-6-13(18)10-15(11)20-16(21)7-8-19-24(22,23)14-4-2-3-12(17)9-14/h2-6,9-10,19H,7-8H2,1H3,(H,20,21). The number of carbonyl (C=O) groups excluding carboxylic acids is 1. The van der Waals surface area contributed by atoms with Gasteiger partial charge in [0.05, 0.1) is 4.90 Å². The first-order valence-corrected chi connectivity index (χ1v) is 9.37. The number of anilines is 1. The number of amides is 1. The summed E-state index contributed by atoms with van der Waals surface area (Å²) in [6.07, 6.45) is -0.0663. The second kappa shape index (κ2) is 7.87. The molecule has 0 aliphatic carbocycles. The fraction of sp³-hybridized carbons (Fsp3) is 0.188. The Morgan fingerprint density at radius 2 is 1.96 bits per heavy atom. The smallest absolute Gasteiger partial charge is 0.240 e. The largest absolute Gasteiger partial charge is 0.326 e. The zero-order valence-electron chi connectivity index (χ0n) is 12.8. The molecule has 0 bridgehead atoms. The van der Waals surface area contributed by atoms with E-state index in [9.17, 15) is 17.6 Å². The Morgan fingerprint density at radius 3 is 2.67 bits per heavy atom. The summed E-state index contributed by atoms with van der Waals surface area (Å²) in [4.78, 5) is 12.0. The third-order valence-electron chi connectivity index (χ3n) is 3.22. The van der Waals surface area contributed by atoms with Crippen molar-refractivity contribution in [2.45, 2.75) is 18.2 Å². The second-order valence-electron chi connectivity index (χ2n) is 5.11. The molecular formula is C16H16BrFN2O3S. The number of rotatable bonds is 6. The summed E-state index contributed by atoms with van der Waals surface area (Å²) in [5.74, 6) is -0.855. The molecule has 1 amide bonds. The van der Waals surface area contributed by atoms with Crippen LogP contribution in [-0.4, -0.2) is 20.9 Å². The van der Waals surface area contributed by atoms with Crippen LogP contribution in [0.5, 0.6) is 0 Å². The number of carbonyl (C=O) groups is 1. The molecule has 0 atom stereocenters. The first-order valence-electron chi connectivity index (χ1n) is 7.09. The summed E-state index contributed by atoms with van der Waals surface area (Å²) in [7, 11) is -3.69. The molecule has 24 heavy (non-hydrogen) atoms. The Labute approximate surface area is 148 Å². The van der Waals surface area contributed by atoms with Crippen molar-refractivity contribution in [2.75, 3.05) is 11.9 Å². The van der Waals surface area contributed by atoms with E-state index in [2.05, 4.69) is 26.0 Å². The van der Waals surface area contributed by atoms with Crippen LogP contribution in [-0.2, 0) is 14.8 Å². The number of hydrogen-bond acceptors (Lipinski definition) is 3. The number of sulfonamides is 1. The molecule has 0 unspecified atom stereocenters. The molecule has 8 heteroatoms. The van der Waals surface area contributed by atoms with E-state index in [1.54, 1.807) is 25.1 Å². The number of hydrogen-bond donors (Lipinski definition) is 2. The van der Waals surface area contributed by atoms with Crippen LogP contribution in [0.15, 0.2) is 51.8 Å². The lowest BCUT2D eigenvalue weighted by molar-refractivity contribution is -0.116. The SMILES string of the molecule is Cc1ccc(F)cc1NC(=O)CCNS(=O)(=O)c1cccc(Br)c1. The molecular weight excluding hydrogens is 399 g/mol. The lowest BCUT2D eigenvalue weighted by Gasteiger charge is -2.09. The average molecular weight is 415 g/mol. The van der Waals surface area contributed by atoms with Gasteiger partial charge in [0, 0.05) is 23.1 Å². The average Bonchev–Trinajstić information content (AvgIpc) is 2.51. The Morgan fingerprint density at radius 1 is 1.21 bits per heavy atom. The predicted molar refractivity (Wildman–Crippen MR) is 93.7 cm³/mol. The van der Waals surface area contributed by atoms with Crippen LogP contribution >= 0.6 is 15.9 Å². The quantitative estimate of drug-likeness (QED) is 0.761. The van der Waals surface area contributed by atoms with Gasteiger partial charge in [0.15, 0.2) is 0 Å². The van der Waals surface area contributed by atoms with Crippen LogP contribution in [0.2, 0.25) is 0 Å². The van der Waals surface area contributed by atoms with Gasteiger partial charge in [0.25, 0.3) is 0 Å². The Bertz CT molecular complexity index is 856. The first-order chi connectivity index (χ1) is 11.3. The number of benzene rings is 2. The van der Waals surface area contributed by atoms with Crippen LogP contribution in [0.1, 0.15) is 12.0 Å². The molecule has 0 saturated heterocycles. The first kappa shape index (κ1) is 18.6. The minimum atomic E-state index is -3.69. The lowest BCUT2D eigenvalue weighted by Crippen LogP contribution is -2.28. The highest BCUT2D eigenvalue weighted by Gasteiger charge is 2.14. The number of nitrogens with one attached hydrogen (secondary N) is 2. The van der Waals surface area contributed by atoms with E-state index < -0.39 is 21.7 Å². The third kappa shape index (κ3) is 5.12. The summed E-state index contributed by atoms with van der Waals surface area (Å²) in [5.41, 5.74) is 1.09. The lowest BCUT2D eigenvalue weighted by atomic mass is 10.2. The van der Waals surface area contributed by atoms with E-state index in [0.29, 0.717) is 10.2 Å². The van der Waals surface area contributed by atoms with Gasteiger partial charge in [-0.1, -0.05) is 28.1 Å². The van der Waals surface area contributed by atoms with Gasteiger partial charge in [0.1, 0.15) is 5.82 Å². The van der Waals surface area contributed by atoms with E-state index in [0.717, 1.165) is 5.56 Å². The van der Waals surface area contributed by atoms with Gasteiger partial charge >= 0.3 is 0 Å². The van der Waals surface area contributed by atoms with Gasteiger partial charge in [-0.2, -0.15) is 0 Å². The summed E-state index contributed by atoms with van der Waals surface area (Å²) in [5, 5.41) is 2.56. The minimum absolute atomic E-state index is 0.0605. The second-order valence-corrected chi connectivity index (χ2v) is 7.80. The van der Waals surface area contributed by atoms with Crippen molar-refractivity contribution in [1.82, 2.24) is 4.72 Å². The van der Waals surface area contributed by atoms with Crippen molar-refractivity contribution < 1.29 is 17.6 Å². The zero-order chi connectivity index (χ0) is 17.7. The van der Waals surface area contributed by atoms with Gasteiger partial charge in [-0.15, -0.1) is 0 Å².